The lowest BCUT2D eigenvalue weighted by Crippen LogP contribution is -2.42. The van der Waals surface area contributed by atoms with Gasteiger partial charge in [0.05, 0.1) is 5.92 Å². The van der Waals surface area contributed by atoms with Crippen LogP contribution in [-0.4, -0.2) is 25.0 Å². The van der Waals surface area contributed by atoms with Crippen molar-refractivity contribution in [3.05, 3.63) is 35.9 Å². The minimum absolute atomic E-state index is 0.0420. The number of fused-ring (bicyclic) bond motifs is 1. The molecular weight excluding hydrogens is 260 g/mol. The number of rotatable bonds is 4. The summed E-state index contributed by atoms with van der Waals surface area (Å²) < 4.78 is 0. The number of carbonyl (C=O) groups is 1. The molecule has 1 aliphatic heterocycles. The first-order valence-electron chi connectivity index (χ1n) is 8.23. The first kappa shape index (κ1) is 14.6. The largest absolute Gasteiger partial charge is 0.352 e. The summed E-state index contributed by atoms with van der Waals surface area (Å²) >= 11 is 0. The molecule has 3 rings (SSSR count). The number of hydrogen-bond donors (Lipinski definition) is 2. The summed E-state index contributed by atoms with van der Waals surface area (Å²) in [5.41, 5.74) is 1.13. The van der Waals surface area contributed by atoms with Crippen molar-refractivity contribution in [2.24, 2.45) is 17.8 Å². The highest BCUT2D eigenvalue weighted by Gasteiger charge is 2.40. The van der Waals surface area contributed by atoms with E-state index in [1.807, 2.05) is 18.2 Å². The molecular formula is C18H26N2O. The molecule has 0 aromatic heterocycles. The van der Waals surface area contributed by atoms with Crippen molar-refractivity contribution in [1.82, 2.24) is 10.6 Å². The van der Waals surface area contributed by atoms with Crippen molar-refractivity contribution in [3.8, 4) is 0 Å². The molecule has 2 aliphatic rings. The van der Waals surface area contributed by atoms with E-state index in [-0.39, 0.29) is 11.8 Å². The van der Waals surface area contributed by atoms with E-state index in [1.165, 1.54) is 6.42 Å². The molecule has 0 radical (unpaired) electrons. The number of carbonyl (C=O) groups excluding carboxylic acids is 1. The third-order valence-corrected chi connectivity index (χ3v) is 5.19. The highest BCUT2D eigenvalue weighted by molar-refractivity contribution is 5.84. The van der Waals surface area contributed by atoms with Gasteiger partial charge in [-0.1, -0.05) is 44.2 Å². The van der Waals surface area contributed by atoms with Crippen LogP contribution in [0.5, 0.6) is 0 Å². The molecule has 1 aromatic rings. The van der Waals surface area contributed by atoms with Crippen molar-refractivity contribution in [2.45, 2.75) is 38.6 Å². The Kier molecular flexibility index (Phi) is 4.29. The van der Waals surface area contributed by atoms with Crippen LogP contribution in [0, 0.1) is 17.8 Å². The normalized spacial score (nSPS) is 29.4. The van der Waals surface area contributed by atoms with E-state index >= 15 is 0 Å². The van der Waals surface area contributed by atoms with E-state index in [2.05, 4.69) is 36.6 Å². The Hall–Kier alpha value is -1.35. The van der Waals surface area contributed by atoms with Crippen LogP contribution in [0.3, 0.4) is 0 Å². The van der Waals surface area contributed by atoms with Gasteiger partial charge in [0, 0.05) is 12.6 Å². The Labute approximate surface area is 127 Å². The maximum absolute atomic E-state index is 12.8. The van der Waals surface area contributed by atoms with Gasteiger partial charge in [-0.05, 0) is 42.7 Å². The van der Waals surface area contributed by atoms with Crippen LogP contribution < -0.4 is 10.6 Å². The highest BCUT2D eigenvalue weighted by Crippen LogP contribution is 2.35. The lowest BCUT2D eigenvalue weighted by atomic mass is 9.87. The van der Waals surface area contributed by atoms with Crippen LogP contribution >= 0.6 is 0 Å². The fourth-order valence-corrected chi connectivity index (χ4v) is 4.10. The number of amides is 1. The van der Waals surface area contributed by atoms with Gasteiger partial charge in [0.1, 0.15) is 0 Å². The SMILES string of the molecule is CC(C)C(C(=O)N[C@H]1CC[C@@H]2CNC[C@@H]21)c1ccccc1. The number of benzene rings is 1. The molecule has 1 saturated heterocycles. The Morgan fingerprint density at radius 2 is 1.95 bits per heavy atom. The molecule has 1 heterocycles. The van der Waals surface area contributed by atoms with Crippen molar-refractivity contribution in [3.63, 3.8) is 0 Å². The summed E-state index contributed by atoms with van der Waals surface area (Å²) in [6.07, 6.45) is 2.39. The molecule has 0 spiro atoms. The summed E-state index contributed by atoms with van der Waals surface area (Å²) in [7, 11) is 0. The Balaban J connectivity index is 1.70. The number of nitrogens with one attached hydrogen (secondary N) is 2. The Morgan fingerprint density at radius 3 is 2.67 bits per heavy atom. The first-order valence-corrected chi connectivity index (χ1v) is 8.23. The van der Waals surface area contributed by atoms with Crippen LogP contribution in [0.4, 0.5) is 0 Å². The molecule has 4 atom stereocenters. The minimum Gasteiger partial charge on any atom is -0.352 e. The summed E-state index contributed by atoms with van der Waals surface area (Å²) in [6.45, 7) is 6.45. The molecule has 114 valence electrons. The summed E-state index contributed by atoms with van der Waals surface area (Å²) in [6, 6.07) is 10.5. The maximum Gasteiger partial charge on any atom is 0.228 e. The molecule has 21 heavy (non-hydrogen) atoms. The van der Waals surface area contributed by atoms with Gasteiger partial charge in [-0.25, -0.2) is 0 Å². The van der Waals surface area contributed by atoms with Crippen LogP contribution in [0.1, 0.15) is 38.2 Å². The highest BCUT2D eigenvalue weighted by atomic mass is 16.2. The van der Waals surface area contributed by atoms with Gasteiger partial charge in [-0.15, -0.1) is 0 Å². The zero-order chi connectivity index (χ0) is 14.8. The van der Waals surface area contributed by atoms with E-state index in [9.17, 15) is 4.79 Å². The predicted octanol–water partition coefficient (Wildman–Crippen LogP) is 2.54. The molecule has 0 bridgehead atoms. The zero-order valence-corrected chi connectivity index (χ0v) is 13.0. The van der Waals surface area contributed by atoms with Crippen molar-refractivity contribution in [2.75, 3.05) is 13.1 Å². The first-order chi connectivity index (χ1) is 10.2. The van der Waals surface area contributed by atoms with Crippen molar-refractivity contribution >= 4 is 5.91 Å². The second-order valence-corrected chi connectivity index (χ2v) is 6.91. The fourth-order valence-electron chi connectivity index (χ4n) is 4.10. The fraction of sp³-hybridized carbons (Fsp3) is 0.611. The van der Waals surface area contributed by atoms with E-state index in [4.69, 9.17) is 0 Å². The molecule has 2 fully saturated rings. The molecule has 3 heteroatoms. The monoisotopic (exact) mass is 286 g/mol. The summed E-state index contributed by atoms with van der Waals surface area (Å²) in [4.78, 5) is 12.8. The standard InChI is InChI=1S/C18H26N2O/c1-12(2)17(13-6-4-3-5-7-13)18(21)20-16-9-8-14-10-19-11-15(14)16/h3-7,12,14-17,19H,8-11H2,1-2H3,(H,20,21)/t14-,15+,16+,17?/m1/s1. The van der Waals surface area contributed by atoms with Crippen molar-refractivity contribution in [1.29, 1.82) is 0 Å². The molecule has 1 aliphatic carbocycles. The summed E-state index contributed by atoms with van der Waals surface area (Å²) in [5.74, 6) is 1.88. The molecule has 1 amide bonds. The smallest absolute Gasteiger partial charge is 0.228 e. The Bertz CT molecular complexity index is 485. The second-order valence-electron chi connectivity index (χ2n) is 6.91. The summed E-state index contributed by atoms with van der Waals surface area (Å²) in [5, 5.41) is 6.81. The molecule has 1 aromatic carbocycles. The van der Waals surface area contributed by atoms with Crippen LogP contribution in [0.25, 0.3) is 0 Å². The zero-order valence-electron chi connectivity index (χ0n) is 13.0. The lowest BCUT2D eigenvalue weighted by molar-refractivity contribution is -0.124. The van der Waals surface area contributed by atoms with E-state index in [0.717, 1.165) is 31.0 Å². The second kappa shape index (κ2) is 6.18. The van der Waals surface area contributed by atoms with Crippen LogP contribution in [-0.2, 0) is 4.79 Å². The van der Waals surface area contributed by atoms with Crippen LogP contribution in [0.15, 0.2) is 30.3 Å². The Morgan fingerprint density at radius 1 is 1.19 bits per heavy atom. The van der Waals surface area contributed by atoms with Gasteiger partial charge in [0.15, 0.2) is 0 Å². The maximum atomic E-state index is 12.8. The van der Waals surface area contributed by atoms with Gasteiger partial charge in [-0.2, -0.15) is 0 Å². The number of hydrogen-bond acceptors (Lipinski definition) is 2. The lowest BCUT2D eigenvalue weighted by Gasteiger charge is -2.25. The minimum atomic E-state index is -0.0420. The quantitative estimate of drug-likeness (QED) is 0.893. The molecule has 2 N–H and O–H groups in total. The van der Waals surface area contributed by atoms with Crippen LogP contribution in [0.2, 0.25) is 0 Å². The molecule has 1 unspecified atom stereocenters. The average Bonchev–Trinajstić information content (AvgIpc) is 3.05. The molecule has 3 nitrogen and oxygen atoms in total. The molecule has 1 saturated carbocycles. The van der Waals surface area contributed by atoms with E-state index in [0.29, 0.717) is 17.9 Å². The van der Waals surface area contributed by atoms with Gasteiger partial charge >= 0.3 is 0 Å². The van der Waals surface area contributed by atoms with Crippen molar-refractivity contribution < 1.29 is 4.79 Å². The third kappa shape index (κ3) is 2.98. The van der Waals surface area contributed by atoms with E-state index < -0.39 is 0 Å². The third-order valence-electron chi connectivity index (χ3n) is 5.19. The average molecular weight is 286 g/mol. The van der Waals surface area contributed by atoms with Gasteiger partial charge in [0.25, 0.3) is 0 Å². The van der Waals surface area contributed by atoms with Gasteiger partial charge in [-0.3, -0.25) is 4.79 Å². The predicted molar refractivity (Wildman–Crippen MR) is 85.0 cm³/mol. The van der Waals surface area contributed by atoms with Gasteiger partial charge < -0.3 is 10.6 Å². The topological polar surface area (TPSA) is 41.1 Å². The van der Waals surface area contributed by atoms with Gasteiger partial charge in [0.2, 0.25) is 5.91 Å². The van der Waals surface area contributed by atoms with E-state index in [1.54, 1.807) is 0 Å².